The third-order valence-corrected chi connectivity index (χ3v) is 3.32. The van der Waals surface area contributed by atoms with Crippen LogP contribution in [0.5, 0.6) is 5.75 Å². The lowest BCUT2D eigenvalue weighted by Gasteiger charge is -2.10. The van der Waals surface area contributed by atoms with Crippen molar-refractivity contribution >= 4 is 5.91 Å². The number of hydrogen-bond acceptors (Lipinski definition) is 4. The van der Waals surface area contributed by atoms with Gasteiger partial charge in [0, 0.05) is 25.7 Å². The molecule has 0 aliphatic carbocycles. The van der Waals surface area contributed by atoms with Crippen LogP contribution in [0.2, 0.25) is 0 Å². The van der Waals surface area contributed by atoms with Crippen LogP contribution in [0.3, 0.4) is 0 Å². The van der Waals surface area contributed by atoms with Crippen molar-refractivity contribution < 1.29 is 9.53 Å². The lowest BCUT2D eigenvalue weighted by atomic mass is 10.1. The van der Waals surface area contributed by atoms with Crippen LogP contribution in [-0.2, 0) is 7.05 Å². The quantitative estimate of drug-likeness (QED) is 0.876. The summed E-state index contributed by atoms with van der Waals surface area (Å²) in [7, 11) is 7.33. The van der Waals surface area contributed by atoms with Crippen molar-refractivity contribution in [3.8, 4) is 17.0 Å². The van der Waals surface area contributed by atoms with E-state index in [0.29, 0.717) is 12.2 Å². The van der Waals surface area contributed by atoms with Crippen LogP contribution in [0.4, 0.5) is 0 Å². The molecule has 0 atom stereocenters. The molecule has 2 aromatic rings. The van der Waals surface area contributed by atoms with E-state index in [0.717, 1.165) is 23.6 Å². The van der Waals surface area contributed by atoms with Gasteiger partial charge in [0.25, 0.3) is 5.91 Å². The average molecular weight is 302 g/mol. The van der Waals surface area contributed by atoms with Gasteiger partial charge in [0.15, 0.2) is 0 Å². The van der Waals surface area contributed by atoms with E-state index < -0.39 is 0 Å². The SMILES string of the molecule is COc1cccc(-c2cc(C(=O)NCCN(C)C)n(C)n2)c1. The summed E-state index contributed by atoms with van der Waals surface area (Å²) < 4.78 is 6.81. The lowest BCUT2D eigenvalue weighted by Crippen LogP contribution is -2.32. The summed E-state index contributed by atoms with van der Waals surface area (Å²) in [6.45, 7) is 1.40. The highest BCUT2D eigenvalue weighted by Crippen LogP contribution is 2.23. The predicted molar refractivity (Wildman–Crippen MR) is 86.1 cm³/mol. The Morgan fingerprint density at radius 3 is 2.82 bits per heavy atom. The van der Waals surface area contributed by atoms with Gasteiger partial charge in [-0.3, -0.25) is 9.48 Å². The Labute approximate surface area is 130 Å². The number of benzene rings is 1. The van der Waals surface area contributed by atoms with Gasteiger partial charge in [-0.2, -0.15) is 5.10 Å². The van der Waals surface area contributed by atoms with Gasteiger partial charge < -0.3 is 15.0 Å². The van der Waals surface area contributed by atoms with Crippen molar-refractivity contribution in [2.24, 2.45) is 7.05 Å². The van der Waals surface area contributed by atoms with E-state index in [1.54, 1.807) is 24.9 Å². The molecule has 0 saturated heterocycles. The zero-order valence-electron chi connectivity index (χ0n) is 13.5. The van der Waals surface area contributed by atoms with Crippen LogP contribution in [0.1, 0.15) is 10.5 Å². The normalized spacial score (nSPS) is 10.8. The zero-order valence-corrected chi connectivity index (χ0v) is 13.5. The van der Waals surface area contributed by atoms with Crippen LogP contribution < -0.4 is 10.1 Å². The maximum Gasteiger partial charge on any atom is 0.269 e. The molecular weight excluding hydrogens is 280 g/mol. The number of aromatic nitrogens is 2. The Morgan fingerprint density at radius 1 is 1.36 bits per heavy atom. The van der Waals surface area contributed by atoms with Gasteiger partial charge in [0.1, 0.15) is 11.4 Å². The maximum absolute atomic E-state index is 12.2. The fourth-order valence-electron chi connectivity index (χ4n) is 2.09. The Hall–Kier alpha value is -2.34. The Kier molecular flexibility index (Phi) is 5.16. The van der Waals surface area contributed by atoms with Crippen molar-refractivity contribution in [2.45, 2.75) is 0 Å². The molecule has 0 saturated carbocycles. The number of aryl methyl sites for hydroxylation is 1. The number of carbonyl (C=O) groups is 1. The molecule has 1 heterocycles. The number of ether oxygens (including phenoxy) is 1. The van der Waals surface area contributed by atoms with Crippen molar-refractivity contribution in [3.63, 3.8) is 0 Å². The predicted octanol–water partition coefficient (Wildman–Crippen LogP) is 1.39. The first kappa shape index (κ1) is 16.0. The van der Waals surface area contributed by atoms with Gasteiger partial charge in [-0.05, 0) is 32.3 Å². The minimum absolute atomic E-state index is 0.119. The van der Waals surface area contributed by atoms with Crippen LogP contribution in [-0.4, -0.2) is 54.9 Å². The summed E-state index contributed by atoms with van der Waals surface area (Å²) in [4.78, 5) is 14.2. The fourth-order valence-corrected chi connectivity index (χ4v) is 2.09. The van der Waals surface area contributed by atoms with E-state index in [-0.39, 0.29) is 5.91 Å². The summed E-state index contributed by atoms with van der Waals surface area (Å²) in [5.74, 6) is 0.645. The summed E-state index contributed by atoms with van der Waals surface area (Å²) in [5, 5.41) is 7.30. The molecule has 1 amide bonds. The molecule has 6 nitrogen and oxygen atoms in total. The Balaban J connectivity index is 2.15. The molecule has 0 aliphatic rings. The zero-order chi connectivity index (χ0) is 16.1. The summed E-state index contributed by atoms with van der Waals surface area (Å²) in [6, 6.07) is 9.41. The van der Waals surface area contributed by atoms with E-state index in [4.69, 9.17) is 4.74 Å². The number of nitrogens with one attached hydrogen (secondary N) is 1. The van der Waals surface area contributed by atoms with Crippen molar-refractivity contribution in [1.29, 1.82) is 0 Å². The molecule has 22 heavy (non-hydrogen) atoms. The first-order valence-corrected chi connectivity index (χ1v) is 7.12. The van der Waals surface area contributed by atoms with Crippen LogP contribution >= 0.6 is 0 Å². The van der Waals surface area contributed by atoms with Gasteiger partial charge in [-0.15, -0.1) is 0 Å². The molecular formula is C16H22N4O2. The third kappa shape index (κ3) is 3.85. The minimum atomic E-state index is -0.119. The van der Waals surface area contributed by atoms with Crippen LogP contribution in [0.25, 0.3) is 11.3 Å². The van der Waals surface area contributed by atoms with E-state index >= 15 is 0 Å². The molecule has 0 radical (unpaired) electrons. The average Bonchev–Trinajstić information content (AvgIpc) is 2.89. The molecule has 1 aromatic carbocycles. The highest BCUT2D eigenvalue weighted by Gasteiger charge is 2.14. The number of carbonyl (C=O) groups excluding carboxylic acids is 1. The van der Waals surface area contributed by atoms with Crippen molar-refractivity contribution in [2.75, 3.05) is 34.3 Å². The molecule has 118 valence electrons. The fraction of sp³-hybridized carbons (Fsp3) is 0.375. The molecule has 0 bridgehead atoms. The van der Waals surface area contributed by atoms with Crippen molar-refractivity contribution in [3.05, 3.63) is 36.0 Å². The second-order valence-corrected chi connectivity index (χ2v) is 5.33. The lowest BCUT2D eigenvalue weighted by molar-refractivity contribution is 0.0941. The van der Waals surface area contributed by atoms with E-state index in [1.165, 1.54) is 0 Å². The third-order valence-electron chi connectivity index (χ3n) is 3.32. The first-order chi connectivity index (χ1) is 10.5. The van der Waals surface area contributed by atoms with Crippen LogP contribution in [0.15, 0.2) is 30.3 Å². The van der Waals surface area contributed by atoms with Gasteiger partial charge in [0.2, 0.25) is 0 Å². The van der Waals surface area contributed by atoms with Crippen molar-refractivity contribution in [1.82, 2.24) is 20.0 Å². The topological polar surface area (TPSA) is 59.4 Å². The first-order valence-electron chi connectivity index (χ1n) is 7.12. The standard InChI is InChI=1S/C16H22N4O2/c1-19(2)9-8-17-16(21)15-11-14(18-20(15)3)12-6-5-7-13(10-12)22-4/h5-7,10-11H,8-9H2,1-4H3,(H,17,21). The molecule has 0 spiro atoms. The number of hydrogen-bond donors (Lipinski definition) is 1. The summed E-state index contributed by atoms with van der Waals surface area (Å²) in [5.41, 5.74) is 2.21. The second kappa shape index (κ2) is 7.09. The maximum atomic E-state index is 12.2. The number of rotatable bonds is 6. The monoisotopic (exact) mass is 302 g/mol. The van der Waals surface area contributed by atoms with Gasteiger partial charge in [-0.1, -0.05) is 12.1 Å². The number of likely N-dealkylation sites (N-methyl/N-ethyl adjacent to an activating group) is 1. The summed E-state index contributed by atoms with van der Waals surface area (Å²) >= 11 is 0. The van der Waals surface area contributed by atoms with E-state index in [1.807, 2.05) is 43.3 Å². The molecule has 2 rings (SSSR count). The smallest absolute Gasteiger partial charge is 0.269 e. The molecule has 0 aliphatic heterocycles. The van der Waals surface area contributed by atoms with Crippen LogP contribution in [0, 0.1) is 0 Å². The Bertz CT molecular complexity index is 649. The summed E-state index contributed by atoms with van der Waals surface area (Å²) in [6.07, 6.45) is 0. The second-order valence-electron chi connectivity index (χ2n) is 5.33. The van der Waals surface area contributed by atoms with Gasteiger partial charge in [0.05, 0.1) is 12.8 Å². The van der Waals surface area contributed by atoms with Gasteiger partial charge in [-0.25, -0.2) is 0 Å². The van der Waals surface area contributed by atoms with E-state index in [9.17, 15) is 4.79 Å². The Morgan fingerprint density at radius 2 is 2.14 bits per heavy atom. The largest absolute Gasteiger partial charge is 0.497 e. The highest BCUT2D eigenvalue weighted by atomic mass is 16.5. The number of methoxy groups -OCH3 is 1. The van der Waals surface area contributed by atoms with Gasteiger partial charge >= 0.3 is 0 Å². The molecule has 1 aromatic heterocycles. The number of amides is 1. The van der Waals surface area contributed by atoms with E-state index in [2.05, 4.69) is 10.4 Å². The molecule has 1 N–H and O–H groups in total. The molecule has 6 heteroatoms. The molecule has 0 fully saturated rings. The molecule has 0 unspecified atom stereocenters. The minimum Gasteiger partial charge on any atom is -0.497 e. The number of nitrogens with zero attached hydrogens (tertiary/aromatic N) is 3. The highest BCUT2D eigenvalue weighted by molar-refractivity contribution is 5.93.